The standard InChI is InChI=1S/C24H28F2N6O2/c1-14(2)32-24(34-20-9-17(25)8-18(26)10-20)29-23(30-32)28-22-15-4-5-16(22)13-31(12-15)19-6-7-27-21(11-19)33-3/h6-11,14-16,22H,4-5,12-13H2,1-3H3,(H,28,30)/t15-,16+,22?. The number of nitrogens with zero attached hydrogens (tertiary/aromatic N) is 5. The van der Waals surface area contributed by atoms with Gasteiger partial charge in [-0.2, -0.15) is 4.98 Å². The molecule has 34 heavy (non-hydrogen) atoms. The first-order valence-electron chi connectivity index (χ1n) is 11.5. The van der Waals surface area contributed by atoms with Crippen LogP contribution in [0.2, 0.25) is 0 Å². The number of piperidine rings is 1. The zero-order chi connectivity index (χ0) is 23.8. The van der Waals surface area contributed by atoms with Crippen LogP contribution in [0.3, 0.4) is 0 Å². The van der Waals surface area contributed by atoms with Crippen molar-refractivity contribution in [3.8, 4) is 17.6 Å². The van der Waals surface area contributed by atoms with Crippen molar-refractivity contribution in [2.24, 2.45) is 11.8 Å². The molecule has 8 nitrogen and oxygen atoms in total. The molecule has 2 fully saturated rings. The van der Waals surface area contributed by atoms with E-state index in [1.165, 1.54) is 0 Å². The van der Waals surface area contributed by atoms with Crippen LogP contribution < -0.4 is 19.7 Å². The van der Waals surface area contributed by atoms with Crippen LogP contribution in [0.4, 0.5) is 20.4 Å². The van der Waals surface area contributed by atoms with Crippen molar-refractivity contribution in [3.63, 3.8) is 0 Å². The van der Waals surface area contributed by atoms with Gasteiger partial charge in [0.25, 0.3) is 0 Å². The molecule has 1 saturated heterocycles. The minimum Gasteiger partial charge on any atom is -0.481 e. The number of benzene rings is 1. The SMILES string of the molecule is COc1cc(N2C[C@H]3CC[C@@H](C2)C3Nc2nc(Oc3cc(F)cc(F)c3)n(C(C)C)n2)ccn1. The zero-order valence-corrected chi connectivity index (χ0v) is 19.4. The zero-order valence-electron chi connectivity index (χ0n) is 19.4. The van der Waals surface area contributed by atoms with Crippen LogP contribution in [-0.2, 0) is 0 Å². The Bertz CT molecular complexity index is 1140. The van der Waals surface area contributed by atoms with E-state index in [-0.39, 0.29) is 23.8 Å². The van der Waals surface area contributed by atoms with E-state index in [1.807, 2.05) is 26.0 Å². The summed E-state index contributed by atoms with van der Waals surface area (Å²) in [5.41, 5.74) is 1.11. The lowest BCUT2D eigenvalue weighted by molar-refractivity contribution is 0.371. The van der Waals surface area contributed by atoms with E-state index in [1.54, 1.807) is 18.0 Å². The highest BCUT2D eigenvalue weighted by molar-refractivity contribution is 5.49. The number of anilines is 2. The average molecular weight is 471 g/mol. The van der Waals surface area contributed by atoms with Crippen LogP contribution in [0.15, 0.2) is 36.5 Å². The average Bonchev–Trinajstić information content (AvgIpc) is 3.29. The number of hydrogen-bond acceptors (Lipinski definition) is 7. The van der Waals surface area contributed by atoms with Gasteiger partial charge in [-0.1, -0.05) is 0 Å². The summed E-state index contributed by atoms with van der Waals surface area (Å²) in [5.74, 6) is 0.564. The van der Waals surface area contributed by atoms with E-state index in [0.29, 0.717) is 23.7 Å². The number of fused-ring (bicyclic) bond motifs is 2. The van der Waals surface area contributed by atoms with Crippen molar-refractivity contribution in [2.45, 2.75) is 38.8 Å². The van der Waals surface area contributed by atoms with Gasteiger partial charge in [0.15, 0.2) is 0 Å². The largest absolute Gasteiger partial charge is 0.481 e. The lowest BCUT2D eigenvalue weighted by Gasteiger charge is -2.39. The molecule has 1 aromatic carbocycles. The third-order valence-corrected chi connectivity index (χ3v) is 6.56. The Morgan fingerprint density at radius 2 is 1.76 bits per heavy atom. The van der Waals surface area contributed by atoms with Gasteiger partial charge in [0.05, 0.1) is 13.2 Å². The van der Waals surface area contributed by atoms with Gasteiger partial charge >= 0.3 is 6.01 Å². The maximum Gasteiger partial charge on any atom is 0.322 e. The molecule has 3 atom stereocenters. The second-order valence-electron chi connectivity index (χ2n) is 9.19. The predicted octanol–water partition coefficient (Wildman–Crippen LogP) is 4.66. The topological polar surface area (TPSA) is 77.3 Å². The molecule has 0 radical (unpaired) electrons. The summed E-state index contributed by atoms with van der Waals surface area (Å²) in [6.45, 7) is 5.72. The fourth-order valence-corrected chi connectivity index (χ4v) is 4.99. The Morgan fingerprint density at radius 1 is 1.06 bits per heavy atom. The van der Waals surface area contributed by atoms with Crippen molar-refractivity contribution >= 4 is 11.6 Å². The molecule has 1 N–H and O–H groups in total. The third-order valence-electron chi connectivity index (χ3n) is 6.56. The van der Waals surface area contributed by atoms with E-state index >= 15 is 0 Å². The molecule has 2 aliphatic rings. The maximum absolute atomic E-state index is 13.6. The smallest absolute Gasteiger partial charge is 0.322 e. The molecule has 3 heterocycles. The van der Waals surface area contributed by atoms with Crippen molar-refractivity contribution < 1.29 is 18.3 Å². The number of aromatic nitrogens is 4. The Balaban J connectivity index is 1.32. The summed E-state index contributed by atoms with van der Waals surface area (Å²) in [6.07, 6.45) is 4.02. The molecule has 1 aliphatic carbocycles. The predicted molar refractivity (Wildman–Crippen MR) is 123 cm³/mol. The molecule has 0 spiro atoms. The molecule has 2 bridgehead atoms. The maximum atomic E-state index is 13.6. The van der Waals surface area contributed by atoms with E-state index < -0.39 is 11.6 Å². The lowest BCUT2D eigenvalue weighted by atomic mass is 9.92. The van der Waals surface area contributed by atoms with Crippen molar-refractivity contribution in [3.05, 3.63) is 48.2 Å². The molecule has 1 unspecified atom stereocenters. The Hall–Kier alpha value is -3.43. The van der Waals surface area contributed by atoms with Gasteiger partial charge in [-0.3, -0.25) is 0 Å². The van der Waals surface area contributed by atoms with Crippen LogP contribution in [0, 0.1) is 23.5 Å². The molecule has 3 aromatic rings. The molecular weight excluding hydrogens is 442 g/mol. The number of pyridine rings is 1. The van der Waals surface area contributed by atoms with Crippen molar-refractivity contribution in [2.75, 3.05) is 30.4 Å². The number of nitrogens with one attached hydrogen (secondary N) is 1. The molecule has 1 aliphatic heterocycles. The fraction of sp³-hybridized carbons (Fsp3) is 0.458. The van der Waals surface area contributed by atoms with Gasteiger partial charge in [0, 0.05) is 55.3 Å². The normalized spacial score (nSPS) is 21.7. The number of hydrogen-bond donors (Lipinski definition) is 1. The van der Waals surface area contributed by atoms with E-state index in [0.717, 1.165) is 49.8 Å². The van der Waals surface area contributed by atoms with Crippen LogP contribution in [-0.4, -0.2) is 46.0 Å². The molecule has 1 saturated carbocycles. The highest BCUT2D eigenvalue weighted by Gasteiger charge is 2.42. The number of ether oxygens (including phenoxy) is 2. The van der Waals surface area contributed by atoms with Gasteiger partial charge in [-0.15, -0.1) is 5.10 Å². The van der Waals surface area contributed by atoms with Crippen LogP contribution in [0.5, 0.6) is 17.6 Å². The number of rotatable bonds is 7. The number of halogens is 2. The summed E-state index contributed by atoms with van der Waals surface area (Å²) in [4.78, 5) is 11.1. The van der Waals surface area contributed by atoms with Crippen LogP contribution in [0.1, 0.15) is 32.7 Å². The second kappa shape index (κ2) is 9.08. The summed E-state index contributed by atoms with van der Waals surface area (Å²) >= 11 is 0. The minimum absolute atomic E-state index is 0.0412. The highest BCUT2D eigenvalue weighted by atomic mass is 19.1. The van der Waals surface area contributed by atoms with Gasteiger partial charge in [0.1, 0.15) is 17.4 Å². The molecule has 5 rings (SSSR count). The van der Waals surface area contributed by atoms with E-state index in [2.05, 4.69) is 25.3 Å². The third kappa shape index (κ3) is 4.49. The minimum atomic E-state index is -0.709. The quantitative estimate of drug-likeness (QED) is 0.538. The first kappa shape index (κ1) is 22.4. The summed E-state index contributed by atoms with van der Waals surface area (Å²) in [5, 5.41) is 8.11. The summed E-state index contributed by atoms with van der Waals surface area (Å²) < 4.78 is 39.8. The molecular formula is C24H28F2N6O2. The molecule has 0 amide bonds. The van der Waals surface area contributed by atoms with Gasteiger partial charge in [-0.25, -0.2) is 18.4 Å². The van der Waals surface area contributed by atoms with Crippen LogP contribution in [0.25, 0.3) is 0 Å². The first-order chi connectivity index (χ1) is 16.4. The summed E-state index contributed by atoms with van der Waals surface area (Å²) in [6, 6.07) is 7.42. The Morgan fingerprint density at radius 3 is 2.41 bits per heavy atom. The van der Waals surface area contributed by atoms with Gasteiger partial charge in [-0.05, 0) is 44.6 Å². The van der Waals surface area contributed by atoms with E-state index in [9.17, 15) is 8.78 Å². The Kier molecular flexibility index (Phi) is 5.97. The lowest BCUT2D eigenvalue weighted by Crippen LogP contribution is -2.48. The van der Waals surface area contributed by atoms with Crippen molar-refractivity contribution in [1.29, 1.82) is 0 Å². The van der Waals surface area contributed by atoms with Crippen molar-refractivity contribution in [1.82, 2.24) is 19.7 Å². The van der Waals surface area contributed by atoms with E-state index in [4.69, 9.17) is 9.47 Å². The number of methoxy groups -OCH3 is 1. The van der Waals surface area contributed by atoms with Crippen LogP contribution >= 0.6 is 0 Å². The highest BCUT2D eigenvalue weighted by Crippen LogP contribution is 2.40. The monoisotopic (exact) mass is 470 g/mol. The first-order valence-corrected chi connectivity index (χ1v) is 11.5. The summed E-state index contributed by atoms with van der Waals surface area (Å²) in [7, 11) is 1.62. The molecule has 10 heteroatoms. The second-order valence-corrected chi connectivity index (χ2v) is 9.19. The van der Waals surface area contributed by atoms with Gasteiger partial charge in [0.2, 0.25) is 11.8 Å². The molecule has 2 aromatic heterocycles. The molecule has 180 valence electrons. The fourth-order valence-electron chi connectivity index (χ4n) is 4.99. The van der Waals surface area contributed by atoms with Gasteiger partial charge < -0.3 is 19.7 Å². The Labute approximate surface area is 196 Å².